The summed E-state index contributed by atoms with van der Waals surface area (Å²) in [6, 6.07) is 13.5. The first-order valence-electron chi connectivity index (χ1n) is 13.9. The Morgan fingerprint density at radius 3 is 2.75 bits per heavy atom. The topological polar surface area (TPSA) is 130 Å². The molecule has 2 amide bonds. The first-order chi connectivity index (χ1) is 19.1. The molecule has 3 aliphatic rings. The Morgan fingerprint density at radius 2 is 1.98 bits per heavy atom. The molecule has 4 atom stereocenters. The summed E-state index contributed by atoms with van der Waals surface area (Å²) < 4.78 is 8.49. The number of hydrogen-bond acceptors (Lipinski definition) is 7. The van der Waals surface area contributed by atoms with Gasteiger partial charge in [-0.15, -0.1) is 5.10 Å². The maximum absolute atomic E-state index is 13.7. The molecule has 0 radical (unpaired) electrons. The largest absolute Gasteiger partial charge is 0.432 e. The molecule has 0 saturated carbocycles. The van der Waals surface area contributed by atoms with Crippen LogP contribution in [-0.4, -0.2) is 57.7 Å². The van der Waals surface area contributed by atoms with Crippen molar-refractivity contribution in [2.45, 2.75) is 69.5 Å². The quantitative estimate of drug-likeness (QED) is 0.378. The van der Waals surface area contributed by atoms with Crippen LogP contribution in [0.5, 0.6) is 0 Å². The molecule has 0 unspecified atom stereocenters. The molecule has 6 rings (SSSR count). The van der Waals surface area contributed by atoms with Gasteiger partial charge in [-0.3, -0.25) is 19.2 Å². The number of aromatic nitrogens is 3. The molecule has 2 aromatic carbocycles. The fourth-order valence-electron chi connectivity index (χ4n) is 6.94. The molecule has 1 spiro atoms. The summed E-state index contributed by atoms with van der Waals surface area (Å²) in [5, 5.41) is 20.5. The number of aliphatic hydroxyl groups excluding tert-OH is 1. The van der Waals surface area contributed by atoms with Gasteiger partial charge in [0.1, 0.15) is 0 Å². The molecule has 3 N–H and O–H groups in total. The second-order valence-corrected chi connectivity index (χ2v) is 15.6. The molecule has 3 aromatic rings. The first-order valence-corrected chi connectivity index (χ1v) is 16.9. The fraction of sp³-hybridized carbons (Fsp3) is 0.448. The number of para-hydroxylation sites is 1. The number of amides is 2. The van der Waals surface area contributed by atoms with Crippen molar-refractivity contribution in [2.75, 3.05) is 16.8 Å². The normalized spacial score (nSPS) is 25.8. The van der Waals surface area contributed by atoms with Crippen LogP contribution in [-0.2, 0) is 39.3 Å². The van der Waals surface area contributed by atoms with Crippen LogP contribution >= 0.6 is 0 Å². The summed E-state index contributed by atoms with van der Waals surface area (Å²) in [5.74, 6) is -0.529. The second kappa shape index (κ2) is 9.91. The zero-order chi connectivity index (χ0) is 28.2. The minimum atomic E-state index is -2.79. The number of carbonyl (C=O) groups is 2. The van der Waals surface area contributed by atoms with Crippen LogP contribution in [0.1, 0.15) is 36.6 Å². The molecule has 40 heavy (non-hydrogen) atoms. The summed E-state index contributed by atoms with van der Waals surface area (Å²) >= 11 is 0. The number of aliphatic hydroxyl groups is 1. The second-order valence-electron chi connectivity index (χ2n) is 11.6. The molecule has 3 aliphatic heterocycles. The Labute approximate surface area is 234 Å². The SMILES string of the molecule is C[C@@H]1[C@@H]([Si](C)(C)O)[C@H](CCn2cc(CCO)nn2)O[C@@]12C(=O)Nc1ccc(N3C(=O)CCc4ccccc43)cc12. The van der Waals surface area contributed by atoms with E-state index in [9.17, 15) is 19.5 Å². The highest BCUT2D eigenvalue weighted by molar-refractivity contribution is 6.71. The van der Waals surface area contributed by atoms with E-state index >= 15 is 0 Å². The van der Waals surface area contributed by atoms with Crippen LogP contribution in [0.4, 0.5) is 17.1 Å². The third-order valence-electron chi connectivity index (χ3n) is 8.67. The van der Waals surface area contributed by atoms with Crippen molar-refractivity contribution in [1.29, 1.82) is 0 Å². The van der Waals surface area contributed by atoms with Crippen molar-refractivity contribution < 1.29 is 24.2 Å². The van der Waals surface area contributed by atoms with Crippen LogP contribution in [0.25, 0.3) is 0 Å². The molecular formula is C29H35N5O5Si. The molecule has 0 aliphatic carbocycles. The minimum absolute atomic E-state index is 0.00194. The van der Waals surface area contributed by atoms with Crippen molar-refractivity contribution in [2.24, 2.45) is 5.92 Å². The van der Waals surface area contributed by atoms with Crippen molar-refractivity contribution in [3.8, 4) is 0 Å². The molecular weight excluding hydrogens is 526 g/mol. The van der Waals surface area contributed by atoms with E-state index in [2.05, 4.69) is 15.6 Å². The van der Waals surface area contributed by atoms with Gasteiger partial charge in [-0.25, -0.2) is 0 Å². The summed E-state index contributed by atoms with van der Waals surface area (Å²) in [4.78, 5) is 40.1. The summed E-state index contributed by atoms with van der Waals surface area (Å²) in [5.41, 5.74) is 3.25. The van der Waals surface area contributed by atoms with Gasteiger partial charge in [0.05, 0.1) is 17.5 Å². The lowest BCUT2D eigenvalue weighted by Gasteiger charge is -2.33. The minimum Gasteiger partial charge on any atom is -0.432 e. The van der Waals surface area contributed by atoms with Gasteiger partial charge >= 0.3 is 0 Å². The van der Waals surface area contributed by atoms with E-state index in [0.717, 1.165) is 11.3 Å². The number of ether oxygens (including phenoxy) is 1. The van der Waals surface area contributed by atoms with Gasteiger partial charge < -0.3 is 20.0 Å². The standard InChI is InChI=1S/C29H35N5O5Si/c1-18-27(40(2,3)38)25(12-14-33-17-20(13-15-35)31-32-33)39-29(18)22-16-21(9-10-23(22)30-28(29)37)34-24-7-5-4-6-19(24)8-11-26(34)36/h4-7,9-10,16-18,25,27,35,38H,8,11-15H2,1-3H3,(H,30,37)/t18-,25+,27-,29+/m1/s1. The van der Waals surface area contributed by atoms with Gasteiger partial charge in [-0.1, -0.05) is 30.3 Å². The average molecular weight is 562 g/mol. The lowest BCUT2D eigenvalue weighted by Crippen LogP contribution is -2.43. The van der Waals surface area contributed by atoms with Crippen molar-refractivity contribution >= 4 is 37.2 Å². The molecule has 1 aromatic heterocycles. The van der Waals surface area contributed by atoms with E-state index in [1.165, 1.54) is 0 Å². The molecule has 1 fully saturated rings. The van der Waals surface area contributed by atoms with Gasteiger partial charge in [0.25, 0.3) is 5.91 Å². The predicted molar refractivity (Wildman–Crippen MR) is 152 cm³/mol. The van der Waals surface area contributed by atoms with E-state index in [1.54, 1.807) is 15.8 Å². The maximum Gasteiger partial charge on any atom is 0.261 e. The lowest BCUT2D eigenvalue weighted by atomic mass is 9.82. The van der Waals surface area contributed by atoms with Crippen molar-refractivity contribution in [3.63, 3.8) is 0 Å². The van der Waals surface area contributed by atoms with Crippen LogP contribution < -0.4 is 10.2 Å². The maximum atomic E-state index is 13.7. The van der Waals surface area contributed by atoms with Crippen LogP contribution in [0.2, 0.25) is 18.6 Å². The van der Waals surface area contributed by atoms with E-state index in [-0.39, 0.29) is 36.0 Å². The smallest absolute Gasteiger partial charge is 0.261 e. The molecule has 0 bridgehead atoms. The van der Waals surface area contributed by atoms with Crippen molar-refractivity contribution in [3.05, 3.63) is 65.5 Å². The molecule has 10 nitrogen and oxygen atoms in total. The Balaban J connectivity index is 1.36. The molecule has 210 valence electrons. The highest BCUT2D eigenvalue weighted by Gasteiger charge is 2.64. The zero-order valence-electron chi connectivity index (χ0n) is 23.0. The lowest BCUT2D eigenvalue weighted by molar-refractivity contribution is -0.143. The third kappa shape index (κ3) is 4.28. The number of carbonyl (C=O) groups excluding carboxylic acids is 2. The van der Waals surface area contributed by atoms with Gasteiger partial charge in [-0.2, -0.15) is 0 Å². The van der Waals surface area contributed by atoms with Gasteiger partial charge in [-0.05, 0) is 55.8 Å². The fourth-order valence-corrected chi connectivity index (χ4v) is 9.54. The summed E-state index contributed by atoms with van der Waals surface area (Å²) in [6.45, 7) is 6.29. The number of rotatable bonds is 7. The van der Waals surface area contributed by atoms with E-state index in [1.807, 2.05) is 62.5 Å². The number of anilines is 3. The van der Waals surface area contributed by atoms with Crippen LogP contribution in [0, 0.1) is 5.92 Å². The van der Waals surface area contributed by atoms with E-state index < -0.39 is 13.9 Å². The Hall–Kier alpha value is -3.38. The predicted octanol–water partition coefficient (Wildman–Crippen LogP) is 3.26. The van der Waals surface area contributed by atoms with Crippen LogP contribution in [0.3, 0.4) is 0 Å². The number of aryl methyl sites for hydroxylation is 2. The van der Waals surface area contributed by atoms with Crippen molar-refractivity contribution in [1.82, 2.24) is 15.0 Å². The third-order valence-corrected chi connectivity index (χ3v) is 11.2. The highest BCUT2D eigenvalue weighted by atomic mass is 28.4. The van der Waals surface area contributed by atoms with E-state index in [4.69, 9.17) is 4.74 Å². The Bertz CT molecular complexity index is 1470. The van der Waals surface area contributed by atoms with Crippen LogP contribution in [0.15, 0.2) is 48.7 Å². The monoisotopic (exact) mass is 561 g/mol. The molecule has 11 heteroatoms. The number of hydrogen-bond donors (Lipinski definition) is 3. The van der Waals surface area contributed by atoms with Gasteiger partial charge in [0.15, 0.2) is 13.9 Å². The first kappa shape index (κ1) is 26.8. The highest BCUT2D eigenvalue weighted by Crippen LogP contribution is 2.58. The zero-order valence-corrected chi connectivity index (χ0v) is 24.0. The average Bonchev–Trinajstić information content (AvgIpc) is 3.57. The van der Waals surface area contributed by atoms with Gasteiger partial charge in [0.2, 0.25) is 5.91 Å². The summed E-state index contributed by atoms with van der Waals surface area (Å²) in [7, 11) is -2.79. The Morgan fingerprint density at radius 1 is 1.18 bits per heavy atom. The number of fused-ring (bicyclic) bond motifs is 3. The number of nitrogens with zero attached hydrogens (tertiary/aromatic N) is 4. The summed E-state index contributed by atoms with van der Waals surface area (Å²) in [6.07, 6.45) is 3.51. The number of nitrogens with one attached hydrogen (secondary N) is 1. The van der Waals surface area contributed by atoms with Gasteiger partial charge in [0, 0.05) is 60.6 Å². The van der Waals surface area contributed by atoms with E-state index in [0.29, 0.717) is 54.9 Å². The molecule has 1 saturated heterocycles. The molecule has 4 heterocycles. The Kier molecular flexibility index (Phi) is 6.65. The number of benzene rings is 2.